The van der Waals surface area contributed by atoms with Gasteiger partial charge >= 0.3 is 5.97 Å². The monoisotopic (exact) mass is 430 g/mol. The summed E-state index contributed by atoms with van der Waals surface area (Å²) in [7, 11) is 0. The van der Waals surface area contributed by atoms with E-state index < -0.39 is 17.7 Å². The number of carboxylic acid groups (broad SMARTS) is 1. The van der Waals surface area contributed by atoms with Crippen molar-refractivity contribution in [2.75, 3.05) is 18.4 Å². The first kappa shape index (κ1) is 20.1. The number of carboxylic acids is 1. The predicted molar refractivity (Wildman–Crippen MR) is 108 cm³/mol. The topological polar surface area (TPSA) is 121 Å². The van der Waals surface area contributed by atoms with Crippen molar-refractivity contribution in [3.8, 4) is 0 Å². The largest absolute Gasteiger partial charge is 0.481 e. The lowest BCUT2D eigenvalue weighted by molar-refractivity contribution is -0.141. The molecule has 1 fully saturated rings. The maximum absolute atomic E-state index is 13.5. The van der Waals surface area contributed by atoms with Gasteiger partial charge in [-0.25, -0.2) is 14.4 Å². The zero-order valence-electron chi connectivity index (χ0n) is 16.3. The van der Waals surface area contributed by atoms with E-state index in [1.165, 1.54) is 28.5 Å². The number of nitrogens with one attached hydrogen (secondary N) is 1. The second-order valence-electron chi connectivity index (χ2n) is 7.16. The third-order valence-electron chi connectivity index (χ3n) is 4.96. The Kier molecular flexibility index (Phi) is 5.29. The number of rotatable bonds is 5. The van der Waals surface area contributed by atoms with E-state index in [4.69, 9.17) is 0 Å². The highest BCUT2D eigenvalue weighted by atomic mass is 32.1. The van der Waals surface area contributed by atoms with Crippen LogP contribution in [0.15, 0.2) is 18.5 Å². The average Bonchev–Trinajstić information content (AvgIpc) is 3.33. The number of thiazole rings is 1. The summed E-state index contributed by atoms with van der Waals surface area (Å²) in [6.45, 7) is 4.11. The SMILES string of the molecule is Cc1nc2nc(NC(C)c3cncc(F)c3)nc(C(=O)N3CCC(C(=O)O)C3)c2s1. The van der Waals surface area contributed by atoms with Crippen LogP contribution in [-0.2, 0) is 4.79 Å². The second kappa shape index (κ2) is 7.90. The van der Waals surface area contributed by atoms with E-state index in [2.05, 4.69) is 25.3 Å². The lowest BCUT2D eigenvalue weighted by atomic mass is 10.1. The number of aromatic nitrogens is 4. The number of aliphatic carboxylic acids is 1. The Bertz CT molecular complexity index is 1140. The van der Waals surface area contributed by atoms with E-state index in [1.54, 1.807) is 6.92 Å². The number of hydrogen-bond acceptors (Lipinski definition) is 8. The van der Waals surface area contributed by atoms with Gasteiger partial charge in [0, 0.05) is 19.3 Å². The Balaban J connectivity index is 1.66. The zero-order chi connectivity index (χ0) is 21.4. The molecular weight excluding hydrogens is 411 g/mol. The van der Waals surface area contributed by atoms with Gasteiger partial charge in [-0.3, -0.25) is 14.6 Å². The first-order chi connectivity index (χ1) is 14.3. The molecule has 30 heavy (non-hydrogen) atoms. The van der Waals surface area contributed by atoms with Gasteiger partial charge in [0.25, 0.3) is 5.91 Å². The van der Waals surface area contributed by atoms with Gasteiger partial charge in [0.15, 0.2) is 11.3 Å². The van der Waals surface area contributed by atoms with Crippen LogP contribution in [0.5, 0.6) is 0 Å². The molecule has 0 aromatic carbocycles. The van der Waals surface area contributed by atoms with Gasteiger partial charge in [-0.1, -0.05) is 0 Å². The standard InChI is InChI=1S/C19H19FN6O3S/c1-9(12-5-13(20)7-21-6-12)22-19-24-14(15-16(25-19)23-10(2)30-15)17(27)26-4-3-11(8-26)18(28)29/h5-7,9,11H,3-4,8H2,1-2H3,(H,28,29)(H,22,24,25). The Hall–Kier alpha value is -3.21. The molecule has 0 spiro atoms. The van der Waals surface area contributed by atoms with Crippen molar-refractivity contribution in [2.45, 2.75) is 26.3 Å². The van der Waals surface area contributed by atoms with E-state index >= 15 is 0 Å². The molecule has 156 valence electrons. The van der Waals surface area contributed by atoms with Gasteiger partial charge in [0.1, 0.15) is 10.5 Å². The highest BCUT2D eigenvalue weighted by Gasteiger charge is 2.33. The van der Waals surface area contributed by atoms with Gasteiger partial charge < -0.3 is 15.3 Å². The summed E-state index contributed by atoms with van der Waals surface area (Å²) in [5, 5.41) is 13.0. The van der Waals surface area contributed by atoms with Crippen molar-refractivity contribution < 1.29 is 19.1 Å². The van der Waals surface area contributed by atoms with Crippen LogP contribution < -0.4 is 5.32 Å². The number of halogens is 1. The predicted octanol–water partition coefficient (Wildman–Crippen LogP) is 2.65. The molecule has 4 rings (SSSR count). The number of carbonyl (C=O) groups excluding carboxylic acids is 1. The number of fused-ring (bicyclic) bond motifs is 1. The number of pyridine rings is 1. The number of nitrogens with zero attached hydrogens (tertiary/aromatic N) is 5. The molecule has 2 N–H and O–H groups in total. The quantitative estimate of drug-likeness (QED) is 0.634. The van der Waals surface area contributed by atoms with E-state index in [0.717, 1.165) is 11.2 Å². The summed E-state index contributed by atoms with van der Waals surface area (Å²) in [5.41, 5.74) is 1.17. The third kappa shape index (κ3) is 3.92. The molecule has 11 heteroatoms. The lowest BCUT2D eigenvalue weighted by Crippen LogP contribution is -2.31. The maximum atomic E-state index is 13.5. The average molecular weight is 430 g/mol. The molecule has 3 aromatic heterocycles. The number of amides is 1. The highest BCUT2D eigenvalue weighted by Crippen LogP contribution is 2.28. The summed E-state index contributed by atoms with van der Waals surface area (Å²) in [4.78, 5) is 42.9. The molecular formula is C19H19FN6O3S. The van der Waals surface area contributed by atoms with Gasteiger partial charge in [0.05, 0.1) is 23.2 Å². The van der Waals surface area contributed by atoms with Crippen molar-refractivity contribution in [1.82, 2.24) is 24.8 Å². The van der Waals surface area contributed by atoms with Crippen molar-refractivity contribution >= 4 is 39.5 Å². The molecule has 2 unspecified atom stereocenters. The number of aryl methyl sites for hydroxylation is 1. The molecule has 1 aliphatic heterocycles. The van der Waals surface area contributed by atoms with Crippen LogP contribution >= 0.6 is 11.3 Å². The van der Waals surface area contributed by atoms with Crippen molar-refractivity contribution in [3.05, 3.63) is 40.5 Å². The summed E-state index contributed by atoms with van der Waals surface area (Å²) in [6, 6.07) is 0.995. The molecule has 0 radical (unpaired) electrons. The minimum absolute atomic E-state index is 0.144. The van der Waals surface area contributed by atoms with Crippen LogP contribution in [-0.4, -0.2) is 54.9 Å². The van der Waals surface area contributed by atoms with Crippen LogP contribution in [0.25, 0.3) is 10.3 Å². The molecule has 3 aromatic rings. The van der Waals surface area contributed by atoms with Crippen LogP contribution in [0.2, 0.25) is 0 Å². The van der Waals surface area contributed by atoms with E-state index in [-0.39, 0.29) is 30.1 Å². The normalized spacial score (nSPS) is 17.3. The van der Waals surface area contributed by atoms with Crippen LogP contribution in [0.4, 0.5) is 10.3 Å². The molecule has 4 heterocycles. The van der Waals surface area contributed by atoms with Crippen LogP contribution in [0.1, 0.15) is 40.4 Å². The van der Waals surface area contributed by atoms with Gasteiger partial charge in [-0.05, 0) is 31.9 Å². The van der Waals surface area contributed by atoms with E-state index in [9.17, 15) is 19.1 Å². The van der Waals surface area contributed by atoms with Gasteiger partial charge in [-0.15, -0.1) is 11.3 Å². The molecule has 0 bridgehead atoms. The Morgan fingerprint density at radius 2 is 2.13 bits per heavy atom. The summed E-state index contributed by atoms with van der Waals surface area (Å²) >= 11 is 1.31. The number of likely N-dealkylation sites (tertiary alicyclic amines) is 1. The Morgan fingerprint density at radius 3 is 2.83 bits per heavy atom. The second-order valence-corrected chi connectivity index (χ2v) is 8.36. The molecule has 1 amide bonds. The van der Waals surface area contributed by atoms with E-state index in [0.29, 0.717) is 28.9 Å². The minimum atomic E-state index is -0.911. The highest BCUT2D eigenvalue weighted by molar-refractivity contribution is 7.18. The Morgan fingerprint density at radius 1 is 1.33 bits per heavy atom. The molecule has 1 saturated heterocycles. The third-order valence-corrected chi connectivity index (χ3v) is 5.93. The van der Waals surface area contributed by atoms with Crippen LogP contribution in [0.3, 0.4) is 0 Å². The van der Waals surface area contributed by atoms with Crippen molar-refractivity contribution in [2.24, 2.45) is 5.92 Å². The van der Waals surface area contributed by atoms with Gasteiger partial charge in [0.2, 0.25) is 5.95 Å². The number of carbonyl (C=O) groups is 2. The zero-order valence-corrected chi connectivity index (χ0v) is 17.1. The molecule has 2 atom stereocenters. The fourth-order valence-corrected chi connectivity index (χ4v) is 4.22. The fourth-order valence-electron chi connectivity index (χ4n) is 3.38. The van der Waals surface area contributed by atoms with E-state index in [1.807, 2.05) is 6.92 Å². The number of hydrogen-bond donors (Lipinski definition) is 2. The number of anilines is 1. The summed E-state index contributed by atoms with van der Waals surface area (Å²) in [5.74, 6) is -2.11. The minimum Gasteiger partial charge on any atom is -0.481 e. The first-order valence-corrected chi connectivity index (χ1v) is 10.2. The molecule has 9 nitrogen and oxygen atoms in total. The fraction of sp³-hybridized carbons (Fsp3) is 0.368. The van der Waals surface area contributed by atoms with Crippen LogP contribution in [0, 0.1) is 18.7 Å². The summed E-state index contributed by atoms with van der Waals surface area (Å²) in [6.07, 6.45) is 3.06. The molecule has 0 saturated carbocycles. The lowest BCUT2D eigenvalue weighted by Gasteiger charge is -2.17. The maximum Gasteiger partial charge on any atom is 0.308 e. The molecule has 0 aliphatic carbocycles. The first-order valence-electron chi connectivity index (χ1n) is 9.36. The smallest absolute Gasteiger partial charge is 0.308 e. The van der Waals surface area contributed by atoms with Crippen molar-refractivity contribution in [1.29, 1.82) is 0 Å². The Labute approximate surface area is 175 Å². The van der Waals surface area contributed by atoms with Crippen molar-refractivity contribution in [3.63, 3.8) is 0 Å². The summed E-state index contributed by atoms with van der Waals surface area (Å²) < 4.78 is 14.0. The molecule has 1 aliphatic rings. The van der Waals surface area contributed by atoms with Gasteiger partial charge in [-0.2, -0.15) is 4.98 Å².